The van der Waals surface area contributed by atoms with Crippen molar-refractivity contribution in [3.63, 3.8) is 0 Å². The molecule has 3 aromatic rings. The van der Waals surface area contributed by atoms with Crippen LogP contribution in [0.5, 0.6) is 0 Å². The van der Waals surface area contributed by atoms with Gasteiger partial charge in [-0.25, -0.2) is 0 Å². The van der Waals surface area contributed by atoms with Gasteiger partial charge in [0.2, 0.25) is 0 Å². The van der Waals surface area contributed by atoms with Crippen LogP contribution in [-0.4, -0.2) is 32.1 Å². The number of aromatic nitrogens is 3. The maximum atomic E-state index is 12.6. The topological polar surface area (TPSA) is 64.2 Å². The summed E-state index contributed by atoms with van der Waals surface area (Å²) in [6.07, 6.45) is 1.60. The Bertz CT molecular complexity index is 857. The number of hydrogen-bond acceptors (Lipinski definition) is 4. The van der Waals surface area contributed by atoms with Gasteiger partial charge in [0, 0.05) is 13.1 Å². The highest BCUT2D eigenvalue weighted by Gasteiger charge is 2.27. The first kappa shape index (κ1) is 14.0. The van der Waals surface area contributed by atoms with Gasteiger partial charge in [0.05, 0.1) is 23.4 Å². The minimum absolute atomic E-state index is 0.0931. The molecule has 0 unspecified atom stereocenters. The lowest BCUT2D eigenvalue weighted by atomic mass is 10.2. The minimum Gasteiger partial charge on any atom is -0.461 e. The molecule has 0 bridgehead atoms. The van der Waals surface area contributed by atoms with E-state index in [-0.39, 0.29) is 5.91 Å². The monoisotopic (exact) mass is 328 g/mol. The third-order valence-electron chi connectivity index (χ3n) is 3.89. The first-order chi connectivity index (χ1) is 11.2. The molecule has 1 aliphatic heterocycles. The van der Waals surface area contributed by atoms with Gasteiger partial charge in [-0.3, -0.25) is 4.79 Å². The lowest BCUT2D eigenvalue weighted by molar-refractivity contribution is 0.0708. The first-order valence-corrected chi connectivity index (χ1v) is 7.61. The number of carbonyl (C=O) groups is 1. The van der Waals surface area contributed by atoms with E-state index in [1.807, 2.05) is 22.8 Å². The summed E-state index contributed by atoms with van der Waals surface area (Å²) in [7, 11) is 0. The van der Waals surface area contributed by atoms with E-state index in [0.717, 1.165) is 5.82 Å². The van der Waals surface area contributed by atoms with Crippen LogP contribution in [0.25, 0.3) is 11.6 Å². The highest BCUT2D eigenvalue weighted by Crippen LogP contribution is 2.24. The van der Waals surface area contributed by atoms with Gasteiger partial charge < -0.3 is 13.9 Å². The molecule has 0 atom stereocenters. The summed E-state index contributed by atoms with van der Waals surface area (Å²) < 4.78 is 7.36. The van der Waals surface area contributed by atoms with Gasteiger partial charge in [-0.2, -0.15) is 0 Å². The van der Waals surface area contributed by atoms with Crippen molar-refractivity contribution < 1.29 is 9.21 Å². The quantitative estimate of drug-likeness (QED) is 0.725. The molecule has 0 N–H and O–H groups in total. The largest absolute Gasteiger partial charge is 0.461 e. The number of furan rings is 1. The molecule has 3 heterocycles. The van der Waals surface area contributed by atoms with Crippen LogP contribution >= 0.6 is 11.6 Å². The third kappa shape index (κ3) is 2.41. The Hall–Kier alpha value is -2.60. The van der Waals surface area contributed by atoms with Gasteiger partial charge in [0.1, 0.15) is 0 Å². The summed E-state index contributed by atoms with van der Waals surface area (Å²) in [5.41, 5.74) is 0.508. The molecule has 0 radical (unpaired) electrons. The molecule has 1 aromatic carbocycles. The van der Waals surface area contributed by atoms with Crippen molar-refractivity contribution in [2.75, 3.05) is 6.54 Å². The van der Waals surface area contributed by atoms with E-state index < -0.39 is 0 Å². The van der Waals surface area contributed by atoms with E-state index in [9.17, 15) is 4.79 Å². The Kier molecular flexibility index (Phi) is 3.38. The van der Waals surface area contributed by atoms with Crippen LogP contribution in [0.1, 0.15) is 16.2 Å². The van der Waals surface area contributed by atoms with Crippen LogP contribution in [-0.2, 0) is 13.1 Å². The lowest BCUT2D eigenvalue weighted by Crippen LogP contribution is -2.38. The average molecular weight is 329 g/mol. The van der Waals surface area contributed by atoms with E-state index in [2.05, 4.69) is 10.2 Å². The summed E-state index contributed by atoms with van der Waals surface area (Å²) in [5, 5.41) is 8.83. The van der Waals surface area contributed by atoms with Gasteiger partial charge >= 0.3 is 0 Å². The third-order valence-corrected chi connectivity index (χ3v) is 4.22. The zero-order valence-corrected chi connectivity index (χ0v) is 12.9. The molecule has 23 heavy (non-hydrogen) atoms. The molecule has 0 fully saturated rings. The van der Waals surface area contributed by atoms with E-state index in [1.165, 1.54) is 0 Å². The molecule has 1 amide bonds. The van der Waals surface area contributed by atoms with Crippen LogP contribution in [0.3, 0.4) is 0 Å². The van der Waals surface area contributed by atoms with E-state index >= 15 is 0 Å². The molecule has 1 aliphatic rings. The Morgan fingerprint density at radius 2 is 2.00 bits per heavy atom. The lowest BCUT2D eigenvalue weighted by Gasteiger charge is -2.28. The second-order valence-electron chi connectivity index (χ2n) is 5.28. The number of benzene rings is 1. The van der Waals surface area contributed by atoms with Crippen LogP contribution in [0, 0.1) is 0 Å². The zero-order chi connectivity index (χ0) is 15.8. The SMILES string of the molecule is O=C(c1ccccc1Cl)N1CCn2c(nnc2-c2ccco2)C1. The Labute approximate surface area is 137 Å². The number of hydrogen-bond donors (Lipinski definition) is 0. The maximum Gasteiger partial charge on any atom is 0.255 e. The van der Waals surface area contributed by atoms with Crippen molar-refractivity contribution in [2.45, 2.75) is 13.1 Å². The normalized spacial score (nSPS) is 13.9. The highest BCUT2D eigenvalue weighted by molar-refractivity contribution is 6.33. The fourth-order valence-electron chi connectivity index (χ4n) is 2.72. The standard InChI is InChI=1S/C16H13ClN4O2/c17-12-5-2-1-4-11(12)16(22)20-7-8-21-14(10-20)18-19-15(21)13-6-3-9-23-13/h1-6,9H,7-8,10H2. The number of rotatable bonds is 2. The maximum absolute atomic E-state index is 12.6. The van der Waals surface area contributed by atoms with E-state index in [0.29, 0.717) is 41.8 Å². The molecule has 0 saturated carbocycles. The fraction of sp³-hybridized carbons (Fsp3) is 0.188. The van der Waals surface area contributed by atoms with Crippen LogP contribution in [0.15, 0.2) is 47.1 Å². The predicted molar refractivity (Wildman–Crippen MR) is 83.9 cm³/mol. The van der Waals surface area contributed by atoms with Gasteiger partial charge in [-0.15, -0.1) is 10.2 Å². The number of halogens is 1. The molecular weight excluding hydrogens is 316 g/mol. The Morgan fingerprint density at radius 1 is 1.13 bits per heavy atom. The fourth-order valence-corrected chi connectivity index (χ4v) is 2.94. The molecule has 2 aromatic heterocycles. The van der Waals surface area contributed by atoms with Gasteiger partial charge in [0.15, 0.2) is 17.4 Å². The van der Waals surface area contributed by atoms with Crippen molar-refractivity contribution in [2.24, 2.45) is 0 Å². The number of nitrogens with zero attached hydrogens (tertiary/aromatic N) is 4. The highest BCUT2D eigenvalue weighted by atomic mass is 35.5. The summed E-state index contributed by atoms with van der Waals surface area (Å²) in [4.78, 5) is 14.4. The summed E-state index contributed by atoms with van der Waals surface area (Å²) >= 11 is 6.12. The zero-order valence-electron chi connectivity index (χ0n) is 12.1. The Balaban J connectivity index is 1.60. The summed E-state index contributed by atoms with van der Waals surface area (Å²) in [6.45, 7) is 1.59. The van der Waals surface area contributed by atoms with Crippen molar-refractivity contribution in [3.8, 4) is 11.6 Å². The molecule has 0 saturated heterocycles. The van der Waals surface area contributed by atoms with E-state index in [4.69, 9.17) is 16.0 Å². The molecule has 0 aliphatic carbocycles. The molecule has 0 spiro atoms. The van der Waals surface area contributed by atoms with Crippen LogP contribution < -0.4 is 0 Å². The number of fused-ring (bicyclic) bond motifs is 1. The molecule has 6 nitrogen and oxygen atoms in total. The van der Waals surface area contributed by atoms with E-state index in [1.54, 1.807) is 29.4 Å². The van der Waals surface area contributed by atoms with Gasteiger partial charge in [-0.05, 0) is 24.3 Å². The van der Waals surface area contributed by atoms with Crippen molar-refractivity contribution in [1.29, 1.82) is 0 Å². The average Bonchev–Trinajstić information content (AvgIpc) is 3.23. The van der Waals surface area contributed by atoms with Crippen molar-refractivity contribution in [1.82, 2.24) is 19.7 Å². The first-order valence-electron chi connectivity index (χ1n) is 7.24. The molecule has 116 valence electrons. The molecular formula is C16H13ClN4O2. The molecule has 4 rings (SSSR count). The summed E-state index contributed by atoms with van der Waals surface area (Å²) in [5.74, 6) is 2.01. The number of carbonyl (C=O) groups excluding carboxylic acids is 1. The van der Waals surface area contributed by atoms with Crippen molar-refractivity contribution >= 4 is 17.5 Å². The number of amides is 1. The smallest absolute Gasteiger partial charge is 0.255 e. The van der Waals surface area contributed by atoms with Crippen LogP contribution in [0.2, 0.25) is 5.02 Å². The Morgan fingerprint density at radius 3 is 2.78 bits per heavy atom. The minimum atomic E-state index is -0.0931. The predicted octanol–water partition coefficient (Wildman–Crippen LogP) is 2.85. The molecule has 7 heteroatoms. The van der Waals surface area contributed by atoms with Crippen molar-refractivity contribution in [3.05, 3.63) is 59.1 Å². The van der Waals surface area contributed by atoms with Gasteiger partial charge in [-0.1, -0.05) is 23.7 Å². The summed E-state index contributed by atoms with van der Waals surface area (Å²) in [6, 6.07) is 10.7. The van der Waals surface area contributed by atoms with Crippen LogP contribution in [0.4, 0.5) is 0 Å². The second kappa shape index (κ2) is 5.55. The second-order valence-corrected chi connectivity index (χ2v) is 5.68. The van der Waals surface area contributed by atoms with Gasteiger partial charge in [0.25, 0.3) is 5.91 Å².